The monoisotopic (exact) mass is 345 g/mol. The Balaban J connectivity index is 2.21. The number of benzene rings is 1. The smallest absolute Gasteiger partial charge is 0.353 e. The van der Waals surface area contributed by atoms with E-state index in [4.69, 9.17) is 11.6 Å². The molecule has 124 valence electrons. The predicted molar refractivity (Wildman–Crippen MR) is 83.0 cm³/mol. The second-order valence-corrected chi connectivity index (χ2v) is 5.19. The molecule has 0 radical (unpaired) electrons. The van der Waals surface area contributed by atoms with Crippen molar-refractivity contribution in [2.75, 3.05) is 17.2 Å². The van der Waals surface area contributed by atoms with Crippen molar-refractivity contribution < 1.29 is 13.2 Å². The lowest BCUT2D eigenvalue weighted by atomic mass is 10.1. The van der Waals surface area contributed by atoms with Crippen LogP contribution in [0.1, 0.15) is 25.3 Å². The van der Waals surface area contributed by atoms with Crippen molar-refractivity contribution in [3.63, 3.8) is 0 Å². The summed E-state index contributed by atoms with van der Waals surface area (Å²) in [7, 11) is 0. The van der Waals surface area contributed by atoms with Crippen molar-refractivity contribution in [2.45, 2.75) is 25.9 Å². The molecular weight excluding hydrogens is 331 g/mol. The molecule has 23 heavy (non-hydrogen) atoms. The van der Waals surface area contributed by atoms with E-state index >= 15 is 0 Å². The van der Waals surface area contributed by atoms with Crippen LogP contribution in [0.2, 0.25) is 5.02 Å². The summed E-state index contributed by atoms with van der Waals surface area (Å²) in [5, 5.41) is 13.1. The van der Waals surface area contributed by atoms with Gasteiger partial charge in [0.05, 0.1) is 17.4 Å². The van der Waals surface area contributed by atoms with Crippen molar-refractivity contribution in [3.05, 3.63) is 35.0 Å². The number of nitrogens with one attached hydrogen (secondary N) is 2. The van der Waals surface area contributed by atoms with Gasteiger partial charge in [-0.15, -0.1) is 5.10 Å². The number of unbranched alkanes of at least 4 members (excludes halogenated alkanes) is 1. The van der Waals surface area contributed by atoms with E-state index in [1.54, 1.807) is 0 Å². The van der Waals surface area contributed by atoms with Gasteiger partial charge in [0, 0.05) is 11.6 Å². The van der Waals surface area contributed by atoms with Crippen molar-refractivity contribution in [2.24, 2.45) is 0 Å². The summed E-state index contributed by atoms with van der Waals surface area (Å²) in [4.78, 5) is 4.09. The highest BCUT2D eigenvalue weighted by Gasteiger charge is 2.34. The van der Waals surface area contributed by atoms with Crippen LogP contribution in [0.4, 0.5) is 30.6 Å². The Kier molecular flexibility index (Phi) is 5.59. The minimum Gasteiger partial charge on any atom is -0.353 e. The third-order valence-electron chi connectivity index (χ3n) is 2.92. The van der Waals surface area contributed by atoms with Gasteiger partial charge in [0.15, 0.2) is 5.82 Å². The van der Waals surface area contributed by atoms with Crippen LogP contribution in [0.5, 0.6) is 0 Å². The number of rotatable bonds is 6. The van der Waals surface area contributed by atoms with Crippen molar-refractivity contribution >= 4 is 29.1 Å². The van der Waals surface area contributed by atoms with Gasteiger partial charge < -0.3 is 10.6 Å². The van der Waals surface area contributed by atoms with Gasteiger partial charge in [0.2, 0.25) is 5.95 Å². The molecule has 1 aromatic heterocycles. The number of aromatic nitrogens is 3. The summed E-state index contributed by atoms with van der Waals surface area (Å²) < 4.78 is 39.2. The summed E-state index contributed by atoms with van der Waals surface area (Å²) in [5.41, 5.74) is -1.02. The zero-order chi connectivity index (χ0) is 16.9. The Hall–Kier alpha value is -2.09. The fraction of sp³-hybridized carbons (Fsp3) is 0.357. The first-order chi connectivity index (χ1) is 10.9. The summed E-state index contributed by atoms with van der Waals surface area (Å²) in [5.74, 6) is 0.415. The zero-order valence-corrected chi connectivity index (χ0v) is 13.0. The standard InChI is InChI=1S/C14H15ClF3N5/c1-2-3-6-19-13-22-12(8-20-23-13)21-11-5-4-9(15)7-10(11)14(16,17)18/h4-5,7-8H,2-3,6H2,1H3,(H2,19,21,22,23). The van der Waals surface area contributed by atoms with Gasteiger partial charge in [0.1, 0.15) is 0 Å². The van der Waals surface area contributed by atoms with Gasteiger partial charge in [0.25, 0.3) is 0 Å². The SMILES string of the molecule is CCCCNc1nncc(Nc2ccc(Cl)cc2C(F)(F)F)n1. The topological polar surface area (TPSA) is 62.7 Å². The van der Waals surface area contributed by atoms with E-state index in [0.717, 1.165) is 18.9 Å². The Bertz CT molecular complexity index is 663. The first kappa shape index (κ1) is 17.3. The molecule has 0 amide bonds. The lowest BCUT2D eigenvalue weighted by molar-refractivity contribution is -0.136. The van der Waals surface area contributed by atoms with Gasteiger partial charge in [-0.05, 0) is 24.6 Å². The molecule has 1 heterocycles. The molecule has 1 aromatic carbocycles. The maximum atomic E-state index is 13.1. The summed E-state index contributed by atoms with van der Waals surface area (Å²) >= 11 is 5.65. The van der Waals surface area contributed by atoms with Crippen LogP contribution in [-0.4, -0.2) is 21.7 Å². The van der Waals surface area contributed by atoms with E-state index in [-0.39, 0.29) is 22.5 Å². The Morgan fingerprint density at radius 3 is 2.74 bits per heavy atom. The molecule has 0 aliphatic carbocycles. The highest BCUT2D eigenvalue weighted by atomic mass is 35.5. The van der Waals surface area contributed by atoms with Crippen molar-refractivity contribution in [1.82, 2.24) is 15.2 Å². The maximum absolute atomic E-state index is 13.1. The summed E-state index contributed by atoms with van der Waals surface area (Å²) in [6, 6.07) is 3.48. The van der Waals surface area contributed by atoms with E-state index in [1.165, 1.54) is 18.3 Å². The average Bonchev–Trinajstić information content (AvgIpc) is 2.49. The fourth-order valence-corrected chi connectivity index (χ4v) is 1.99. The first-order valence-electron chi connectivity index (χ1n) is 6.97. The van der Waals surface area contributed by atoms with Crippen molar-refractivity contribution in [3.8, 4) is 0 Å². The molecule has 2 N–H and O–H groups in total. The van der Waals surface area contributed by atoms with Gasteiger partial charge >= 0.3 is 6.18 Å². The Labute approximate surface area is 136 Å². The quantitative estimate of drug-likeness (QED) is 0.755. The first-order valence-corrected chi connectivity index (χ1v) is 7.35. The van der Waals surface area contributed by atoms with Gasteiger partial charge in [-0.2, -0.15) is 23.3 Å². The summed E-state index contributed by atoms with van der Waals surface area (Å²) in [6.07, 6.45) is -1.36. The molecule has 2 rings (SSSR count). The third kappa shape index (κ3) is 4.95. The third-order valence-corrected chi connectivity index (χ3v) is 3.16. The van der Waals surface area contributed by atoms with Crippen LogP contribution in [0.25, 0.3) is 0 Å². The Morgan fingerprint density at radius 2 is 2.04 bits per heavy atom. The molecule has 9 heteroatoms. The molecule has 5 nitrogen and oxygen atoms in total. The zero-order valence-electron chi connectivity index (χ0n) is 12.3. The predicted octanol–water partition coefficient (Wildman–Crippen LogP) is 4.50. The van der Waals surface area contributed by atoms with E-state index < -0.39 is 11.7 Å². The molecule has 0 atom stereocenters. The number of hydrogen-bond donors (Lipinski definition) is 2. The molecule has 0 bridgehead atoms. The fourth-order valence-electron chi connectivity index (χ4n) is 1.81. The molecule has 2 aromatic rings. The van der Waals surface area contributed by atoms with Gasteiger partial charge in [-0.25, -0.2) is 0 Å². The number of anilines is 3. The van der Waals surface area contributed by atoms with Crippen LogP contribution in [0.3, 0.4) is 0 Å². The molecule has 0 spiro atoms. The number of hydrogen-bond acceptors (Lipinski definition) is 5. The van der Waals surface area contributed by atoms with Crippen LogP contribution in [-0.2, 0) is 6.18 Å². The highest BCUT2D eigenvalue weighted by Crippen LogP contribution is 2.37. The number of halogens is 4. The average molecular weight is 346 g/mol. The molecule has 0 saturated carbocycles. The van der Waals surface area contributed by atoms with Crippen molar-refractivity contribution in [1.29, 1.82) is 0 Å². The highest BCUT2D eigenvalue weighted by molar-refractivity contribution is 6.30. The van der Waals surface area contributed by atoms with E-state index in [9.17, 15) is 13.2 Å². The molecule has 0 aliphatic heterocycles. The second kappa shape index (κ2) is 7.45. The molecule has 0 aliphatic rings. The van der Waals surface area contributed by atoms with Crippen LogP contribution in [0.15, 0.2) is 24.4 Å². The molecule has 0 fully saturated rings. The van der Waals surface area contributed by atoms with E-state index in [1.807, 2.05) is 6.92 Å². The lowest BCUT2D eigenvalue weighted by Gasteiger charge is -2.14. The van der Waals surface area contributed by atoms with Crippen LogP contribution in [0, 0.1) is 0 Å². The molecular formula is C14H15ClF3N5. The minimum atomic E-state index is -4.53. The van der Waals surface area contributed by atoms with Crippen LogP contribution >= 0.6 is 11.6 Å². The largest absolute Gasteiger partial charge is 0.418 e. The maximum Gasteiger partial charge on any atom is 0.418 e. The molecule has 0 unspecified atom stereocenters. The van der Waals surface area contributed by atoms with E-state index in [0.29, 0.717) is 6.54 Å². The Morgan fingerprint density at radius 1 is 1.26 bits per heavy atom. The van der Waals surface area contributed by atoms with Crippen LogP contribution < -0.4 is 10.6 Å². The van der Waals surface area contributed by atoms with E-state index in [2.05, 4.69) is 25.8 Å². The van der Waals surface area contributed by atoms with Gasteiger partial charge in [-0.1, -0.05) is 24.9 Å². The number of nitrogens with zero attached hydrogens (tertiary/aromatic N) is 3. The summed E-state index contributed by atoms with van der Waals surface area (Å²) in [6.45, 7) is 2.70. The minimum absolute atomic E-state index is 0.00519. The van der Waals surface area contributed by atoms with Gasteiger partial charge in [-0.3, -0.25) is 0 Å². The normalized spacial score (nSPS) is 11.3. The molecule has 0 saturated heterocycles. The second-order valence-electron chi connectivity index (χ2n) is 4.76. The lowest BCUT2D eigenvalue weighted by Crippen LogP contribution is -2.11. The number of alkyl halides is 3.